The van der Waals surface area contributed by atoms with E-state index in [4.69, 9.17) is 0 Å². The zero-order valence-electron chi connectivity index (χ0n) is 11.4. The lowest BCUT2D eigenvalue weighted by Crippen LogP contribution is -2.59. The predicted molar refractivity (Wildman–Crippen MR) is 68.8 cm³/mol. The van der Waals surface area contributed by atoms with E-state index in [2.05, 4.69) is 5.32 Å². The van der Waals surface area contributed by atoms with E-state index in [1.165, 1.54) is 6.92 Å². The standard InChI is InChI=1S/C13H22N2O4/c1-3-13(2,11(17)18)14-12(19)15-8-4-5-9(15)7-10(16)6-8/h8-10,16H,3-7H2,1-2H3,(H,14,19)(H,17,18). The Hall–Kier alpha value is -1.30. The summed E-state index contributed by atoms with van der Waals surface area (Å²) in [6.07, 6.45) is 2.98. The van der Waals surface area contributed by atoms with Crippen molar-refractivity contribution in [3.63, 3.8) is 0 Å². The molecule has 2 bridgehead atoms. The van der Waals surface area contributed by atoms with E-state index in [1.807, 2.05) is 0 Å². The molecule has 0 aromatic rings. The summed E-state index contributed by atoms with van der Waals surface area (Å²) >= 11 is 0. The number of urea groups is 1. The van der Waals surface area contributed by atoms with Gasteiger partial charge in [0, 0.05) is 12.1 Å². The van der Waals surface area contributed by atoms with Gasteiger partial charge in [0.25, 0.3) is 0 Å². The minimum absolute atomic E-state index is 0.0450. The third-order valence-electron chi connectivity index (χ3n) is 4.50. The Labute approximate surface area is 112 Å². The molecule has 0 aromatic heterocycles. The number of carbonyl (C=O) groups is 2. The highest BCUT2D eigenvalue weighted by Gasteiger charge is 2.45. The zero-order chi connectivity index (χ0) is 14.2. The molecule has 0 spiro atoms. The highest BCUT2D eigenvalue weighted by molar-refractivity contribution is 5.86. The monoisotopic (exact) mass is 270 g/mol. The van der Waals surface area contributed by atoms with Crippen LogP contribution in [0.3, 0.4) is 0 Å². The number of hydrogen-bond donors (Lipinski definition) is 3. The van der Waals surface area contributed by atoms with Gasteiger partial charge in [-0.3, -0.25) is 0 Å². The molecule has 2 heterocycles. The van der Waals surface area contributed by atoms with Gasteiger partial charge in [-0.1, -0.05) is 6.92 Å². The molecule has 19 heavy (non-hydrogen) atoms. The lowest BCUT2D eigenvalue weighted by atomic mass is 9.98. The van der Waals surface area contributed by atoms with Crippen LogP contribution in [0.2, 0.25) is 0 Å². The number of fused-ring (bicyclic) bond motifs is 2. The second-order valence-electron chi connectivity index (χ2n) is 5.84. The molecule has 2 rings (SSSR count). The van der Waals surface area contributed by atoms with Crippen molar-refractivity contribution >= 4 is 12.0 Å². The maximum atomic E-state index is 12.3. The molecule has 0 aliphatic carbocycles. The van der Waals surface area contributed by atoms with Crippen molar-refractivity contribution in [3.8, 4) is 0 Å². The van der Waals surface area contributed by atoms with Crippen molar-refractivity contribution in [2.24, 2.45) is 0 Å². The number of nitrogens with zero attached hydrogens (tertiary/aromatic N) is 1. The van der Waals surface area contributed by atoms with E-state index < -0.39 is 11.5 Å². The van der Waals surface area contributed by atoms with Crippen molar-refractivity contribution in [2.45, 2.75) is 69.7 Å². The molecule has 0 saturated carbocycles. The van der Waals surface area contributed by atoms with E-state index >= 15 is 0 Å². The fourth-order valence-electron chi connectivity index (χ4n) is 3.07. The Kier molecular flexibility index (Phi) is 3.71. The minimum Gasteiger partial charge on any atom is -0.480 e. The number of hydrogen-bond acceptors (Lipinski definition) is 3. The Morgan fingerprint density at radius 3 is 2.26 bits per heavy atom. The molecule has 2 aliphatic heterocycles. The van der Waals surface area contributed by atoms with Crippen LogP contribution in [0.25, 0.3) is 0 Å². The smallest absolute Gasteiger partial charge is 0.329 e. The lowest BCUT2D eigenvalue weighted by Gasteiger charge is -2.39. The fraction of sp³-hybridized carbons (Fsp3) is 0.846. The number of aliphatic carboxylic acids is 1. The average molecular weight is 270 g/mol. The molecular formula is C13H22N2O4. The van der Waals surface area contributed by atoms with Crippen LogP contribution in [0.1, 0.15) is 46.0 Å². The molecule has 3 unspecified atom stereocenters. The normalized spacial score (nSPS) is 32.8. The molecule has 3 N–H and O–H groups in total. The molecule has 2 aliphatic rings. The van der Waals surface area contributed by atoms with E-state index in [9.17, 15) is 19.8 Å². The quantitative estimate of drug-likeness (QED) is 0.712. The highest BCUT2D eigenvalue weighted by Crippen LogP contribution is 2.35. The van der Waals surface area contributed by atoms with Crippen LogP contribution < -0.4 is 5.32 Å². The van der Waals surface area contributed by atoms with Crippen LogP contribution in [0.5, 0.6) is 0 Å². The van der Waals surface area contributed by atoms with E-state index in [0.717, 1.165) is 12.8 Å². The number of carboxylic acid groups (broad SMARTS) is 1. The second-order valence-corrected chi connectivity index (χ2v) is 5.84. The number of aliphatic hydroxyl groups is 1. The molecule has 0 radical (unpaired) electrons. The molecule has 3 atom stereocenters. The molecular weight excluding hydrogens is 248 g/mol. The minimum atomic E-state index is -1.23. The van der Waals surface area contributed by atoms with Gasteiger partial charge in [0.05, 0.1) is 6.10 Å². The Balaban J connectivity index is 2.07. The Bertz CT molecular complexity index is 373. The second kappa shape index (κ2) is 5.00. The summed E-state index contributed by atoms with van der Waals surface area (Å²) in [5.41, 5.74) is -1.23. The van der Waals surface area contributed by atoms with Gasteiger partial charge in [-0.25, -0.2) is 9.59 Å². The number of aliphatic hydroxyl groups excluding tert-OH is 1. The molecule has 0 aromatic carbocycles. The van der Waals surface area contributed by atoms with E-state index in [0.29, 0.717) is 19.3 Å². The van der Waals surface area contributed by atoms with Crippen LogP contribution >= 0.6 is 0 Å². The Morgan fingerprint density at radius 2 is 1.84 bits per heavy atom. The van der Waals surface area contributed by atoms with E-state index in [-0.39, 0.29) is 24.2 Å². The number of carbonyl (C=O) groups excluding carboxylic acids is 1. The summed E-state index contributed by atoms with van der Waals surface area (Å²) in [6, 6.07) is -0.224. The van der Waals surface area contributed by atoms with Crippen molar-refractivity contribution in [1.82, 2.24) is 10.2 Å². The third kappa shape index (κ3) is 2.54. The summed E-state index contributed by atoms with van der Waals surface area (Å²) in [7, 11) is 0. The molecule has 2 amide bonds. The first-order valence-electron chi connectivity index (χ1n) is 6.89. The predicted octanol–water partition coefficient (Wildman–Crippen LogP) is 0.937. The topological polar surface area (TPSA) is 89.9 Å². The van der Waals surface area contributed by atoms with E-state index in [1.54, 1.807) is 11.8 Å². The van der Waals surface area contributed by atoms with Crippen LogP contribution in [0.4, 0.5) is 4.79 Å². The first kappa shape index (κ1) is 14.1. The summed E-state index contributed by atoms with van der Waals surface area (Å²) < 4.78 is 0. The highest BCUT2D eigenvalue weighted by atomic mass is 16.4. The van der Waals surface area contributed by atoms with Crippen LogP contribution in [-0.2, 0) is 4.79 Å². The van der Waals surface area contributed by atoms with Gasteiger partial charge in [-0.2, -0.15) is 0 Å². The number of carboxylic acids is 1. The molecule has 6 heteroatoms. The van der Waals surface area contributed by atoms with Gasteiger partial charge in [0.2, 0.25) is 0 Å². The van der Waals surface area contributed by atoms with Gasteiger partial charge in [0.15, 0.2) is 0 Å². The maximum Gasteiger partial charge on any atom is 0.329 e. The SMILES string of the molecule is CCC(C)(NC(=O)N1C2CCC1CC(O)C2)C(=O)O. The van der Waals surface area contributed by atoms with Crippen LogP contribution in [0.15, 0.2) is 0 Å². The largest absolute Gasteiger partial charge is 0.480 e. The van der Waals surface area contributed by atoms with Gasteiger partial charge in [-0.05, 0) is 39.0 Å². The Morgan fingerprint density at radius 1 is 1.32 bits per heavy atom. The maximum absolute atomic E-state index is 12.3. The molecule has 2 saturated heterocycles. The fourth-order valence-corrected chi connectivity index (χ4v) is 3.07. The zero-order valence-corrected chi connectivity index (χ0v) is 11.4. The summed E-state index contributed by atoms with van der Waals surface area (Å²) in [5, 5.41) is 21.5. The number of piperidine rings is 1. The molecule has 2 fully saturated rings. The van der Waals surface area contributed by atoms with Crippen molar-refractivity contribution in [3.05, 3.63) is 0 Å². The van der Waals surface area contributed by atoms with Crippen molar-refractivity contribution < 1.29 is 19.8 Å². The number of nitrogens with one attached hydrogen (secondary N) is 1. The molecule has 6 nitrogen and oxygen atoms in total. The first-order chi connectivity index (χ1) is 8.87. The summed E-state index contributed by atoms with van der Waals surface area (Å²) in [4.78, 5) is 25.3. The number of rotatable bonds is 3. The first-order valence-corrected chi connectivity index (χ1v) is 6.89. The van der Waals surface area contributed by atoms with Crippen molar-refractivity contribution in [1.29, 1.82) is 0 Å². The number of amides is 2. The van der Waals surface area contributed by atoms with Crippen LogP contribution in [0, 0.1) is 0 Å². The summed E-state index contributed by atoms with van der Waals surface area (Å²) in [5.74, 6) is -1.02. The van der Waals surface area contributed by atoms with Crippen molar-refractivity contribution in [2.75, 3.05) is 0 Å². The van der Waals surface area contributed by atoms with Gasteiger partial charge < -0.3 is 20.4 Å². The van der Waals surface area contributed by atoms with Crippen LogP contribution in [-0.4, -0.2) is 50.8 Å². The average Bonchev–Trinajstić information content (AvgIpc) is 2.61. The third-order valence-corrected chi connectivity index (χ3v) is 4.50. The van der Waals surface area contributed by atoms with Gasteiger partial charge >= 0.3 is 12.0 Å². The van der Waals surface area contributed by atoms with Gasteiger partial charge in [-0.15, -0.1) is 0 Å². The summed E-state index contributed by atoms with van der Waals surface area (Å²) in [6.45, 7) is 3.26. The van der Waals surface area contributed by atoms with Gasteiger partial charge in [0.1, 0.15) is 5.54 Å². The lowest BCUT2D eigenvalue weighted by molar-refractivity contribution is -0.144. The molecule has 108 valence electrons.